The van der Waals surface area contributed by atoms with Crippen molar-refractivity contribution in [1.29, 1.82) is 0 Å². The molecule has 0 spiro atoms. The highest BCUT2D eigenvalue weighted by atomic mass is 16.5. The summed E-state index contributed by atoms with van der Waals surface area (Å²) in [6, 6.07) is 14.0. The molecule has 0 radical (unpaired) electrons. The molecule has 0 aliphatic heterocycles. The molecule has 0 aliphatic carbocycles. The average Bonchev–Trinajstić information content (AvgIpc) is 3.12. The molecule has 0 amide bonds. The zero-order valence-electron chi connectivity index (χ0n) is 15.8. The number of rotatable bonds is 8. The second-order valence-electron chi connectivity index (χ2n) is 6.65. The number of nitrogens with two attached hydrogens (primary N) is 2. The fourth-order valence-electron chi connectivity index (χ4n) is 3.07. The molecular weight excluding hydrogens is 340 g/mol. The summed E-state index contributed by atoms with van der Waals surface area (Å²) in [5, 5.41) is 4.15. The van der Waals surface area contributed by atoms with E-state index >= 15 is 0 Å². The summed E-state index contributed by atoms with van der Waals surface area (Å²) < 4.78 is 10.9. The van der Waals surface area contributed by atoms with E-state index in [0.717, 1.165) is 25.0 Å². The van der Waals surface area contributed by atoms with Gasteiger partial charge in [0.25, 0.3) is 0 Å². The third-order valence-electron chi connectivity index (χ3n) is 4.72. The summed E-state index contributed by atoms with van der Waals surface area (Å²) in [6.07, 6.45) is 4.12. The lowest BCUT2D eigenvalue weighted by Gasteiger charge is -2.12. The highest BCUT2D eigenvalue weighted by molar-refractivity contribution is 5.71. The first kappa shape index (κ1) is 18.9. The summed E-state index contributed by atoms with van der Waals surface area (Å²) >= 11 is 0. The zero-order chi connectivity index (χ0) is 19.2. The predicted octanol–water partition coefficient (Wildman–Crippen LogP) is 3.85. The van der Waals surface area contributed by atoms with Crippen LogP contribution in [0.15, 0.2) is 47.0 Å². The first-order valence-electron chi connectivity index (χ1n) is 9.17. The highest BCUT2D eigenvalue weighted by Crippen LogP contribution is 2.26. The molecule has 3 aromatic rings. The van der Waals surface area contributed by atoms with E-state index in [-0.39, 0.29) is 0 Å². The number of nitrogens with zero attached hydrogens (tertiary/aromatic N) is 2. The lowest BCUT2D eigenvalue weighted by molar-refractivity contribution is 0.0924. The van der Waals surface area contributed by atoms with Crippen molar-refractivity contribution in [1.82, 2.24) is 10.1 Å². The van der Waals surface area contributed by atoms with Crippen LogP contribution in [0.2, 0.25) is 0 Å². The smallest absolute Gasteiger partial charge is 0.170 e. The van der Waals surface area contributed by atoms with E-state index in [9.17, 15) is 0 Å². The maximum Gasteiger partial charge on any atom is 0.170 e. The van der Waals surface area contributed by atoms with Gasteiger partial charge < -0.3 is 20.7 Å². The number of nitrogen functional groups attached to an aromatic ring is 2. The van der Waals surface area contributed by atoms with Crippen LogP contribution in [0.1, 0.15) is 36.6 Å². The molecule has 3 rings (SSSR count). The van der Waals surface area contributed by atoms with E-state index in [1.165, 1.54) is 11.1 Å². The van der Waals surface area contributed by atoms with E-state index < -0.39 is 0 Å². The Morgan fingerprint density at radius 2 is 1.81 bits per heavy atom. The van der Waals surface area contributed by atoms with Crippen LogP contribution in [-0.4, -0.2) is 23.4 Å². The molecule has 4 N–H and O–H groups in total. The Hall–Kier alpha value is -2.86. The van der Waals surface area contributed by atoms with Gasteiger partial charge in [0, 0.05) is 19.6 Å². The SMILES string of the molecule is CCC(CCc1ccc(Cc2cc(-c3ccc(N)nc3N)on2)cc1)OC. The van der Waals surface area contributed by atoms with Crippen molar-refractivity contribution in [3.8, 4) is 11.3 Å². The number of hydrogen-bond donors (Lipinski definition) is 2. The Kier molecular flexibility index (Phi) is 6.08. The lowest BCUT2D eigenvalue weighted by Crippen LogP contribution is -2.09. The molecular formula is C21H26N4O2. The lowest BCUT2D eigenvalue weighted by atomic mass is 10.0. The largest absolute Gasteiger partial charge is 0.384 e. The number of hydrogen-bond acceptors (Lipinski definition) is 6. The maximum atomic E-state index is 5.91. The standard InChI is InChI=1S/C21H26N4O2/c1-3-17(26-2)9-8-14-4-6-15(7-5-14)12-16-13-19(27-25-16)18-10-11-20(22)24-21(18)23/h4-7,10-11,13,17H,3,8-9,12H2,1-2H3,(H4,22,23,24). The number of aryl methyl sites for hydroxylation is 1. The summed E-state index contributed by atoms with van der Waals surface area (Å²) in [5.41, 5.74) is 15.6. The molecule has 1 aromatic carbocycles. The summed E-state index contributed by atoms with van der Waals surface area (Å²) in [5.74, 6) is 1.31. The van der Waals surface area contributed by atoms with Crippen LogP contribution in [0, 0.1) is 0 Å². The summed E-state index contributed by atoms with van der Waals surface area (Å²) in [7, 11) is 1.78. The van der Waals surface area contributed by atoms with Gasteiger partial charge in [-0.2, -0.15) is 0 Å². The molecule has 2 heterocycles. The summed E-state index contributed by atoms with van der Waals surface area (Å²) in [4.78, 5) is 4.05. The van der Waals surface area contributed by atoms with Crippen molar-refractivity contribution in [3.63, 3.8) is 0 Å². The fraction of sp³-hybridized carbons (Fsp3) is 0.333. The second-order valence-corrected chi connectivity index (χ2v) is 6.65. The highest BCUT2D eigenvalue weighted by Gasteiger charge is 2.12. The van der Waals surface area contributed by atoms with Crippen LogP contribution < -0.4 is 11.5 Å². The second kappa shape index (κ2) is 8.68. The zero-order valence-corrected chi connectivity index (χ0v) is 15.8. The molecule has 27 heavy (non-hydrogen) atoms. The van der Waals surface area contributed by atoms with Gasteiger partial charge in [-0.05, 0) is 42.5 Å². The Labute approximate surface area is 159 Å². The fourth-order valence-corrected chi connectivity index (χ4v) is 3.07. The molecule has 0 aliphatic rings. The molecule has 142 valence electrons. The molecule has 6 heteroatoms. The van der Waals surface area contributed by atoms with Crippen molar-refractivity contribution in [2.45, 2.75) is 38.7 Å². The van der Waals surface area contributed by atoms with Gasteiger partial charge in [-0.3, -0.25) is 0 Å². The van der Waals surface area contributed by atoms with E-state index in [4.69, 9.17) is 20.7 Å². The molecule has 1 atom stereocenters. The Balaban J connectivity index is 1.63. The van der Waals surface area contributed by atoms with Crippen LogP contribution in [-0.2, 0) is 17.6 Å². The van der Waals surface area contributed by atoms with Gasteiger partial charge in [0.15, 0.2) is 5.76 Å². The molecule has 0 saturated carbocycles. The Morgan fingerprint density at radius 1 is 1.07 bits per heavy atom. The van der Waals surface area contributed by atoms with Gasteiger partial charge in [0.2, 0.25) is 0 Å². The summed E-state index contributed by atoms with van der Waals surface area (Å²) in [6.45, 7) is 2.15. The minimum absolute atomic E-state index is 0.327. The predicted molar refractivity (Wildman–Crippen MR) is 107 cm³/mol. The minimum Gasteiger partial charge on any atom is -0.384 e. The molecule has 2 aromatic heterocycles. The van der Waals surface area contributed by atoms with Gasteiger partial charge in [0.05, 0.1) is 17.4 Å². The first-order valence-corrected chi connectivity index (χ1v) is 9.17. The molecule has 0 saturated heterocycles. The van der Waals surface area contributed by atoms with E-state index in [1.807, 2.05) is 6.07 Å². The van der Waals surface area contributed by atoms with Crippen molar-refractivity contribution >= 4 is 11.6 Å². The van der Waals surface area contributed by atoms with Gasteiger partial charge in [-0.15, -0.1) is 0 Å². The molecule has 0 bridgehead atoms. The quantitative estimate of drug-likeness (QED) is 0.628. The number of benzene rings is 1. The molecule has 0 fully saturated rings. The number of methoxy groups -OCH3 is 1. The normalized spacial score (nSPS) is 12.2. The Morgan fingerprint density at radius 3 is 2.48 bits per heavy atom. The number of pyridine rings is 1. The third kappa shape index (κ3) is 4.86. The van der Waals surface area contributed by atoms with E-state index in [0.29, 0.717) is 35.5 Å². The van der Waals surface area contributed by atoms with Crippen LogP contribution in [0.4, 0.5) is 11.6 Å². The monoisotopic (exact) mass is 366 g/mol. The number of anilines is 2. The van der Waals surface area contributed by atoms with Crippen molar-refractivity contribution in [2.24, 2.45) is 0 Å². The Bertz CT molecular complexity index is 870. The van der Waals surface area contributed by atoms with Crippen molar-refractivity contribution in [2.75, 3.05) is 18.6 Å². The van der Waals surface area contributed by atoms with Crippen LogP contribution in [0.3, 0.4) is 0 Å². The topological polar surface area (TPSA) is 100 Å². The average molecular weight is 366 g/mol. The number of ether oxygens (including phenoxy) is 1. The van der Waals surface area contributed by atoms with Gasteiger partial charge in [-0.25, -0.2) is 4.98 Å². The van der Waals surface area contributed by atoms with Crippen LogP contribution in [0.5, 0.6) is 0 Å². The van der Waals surface area contributed by atoms with Crippen LogP contribution in [0.25, 0.3) is 11.3 Å². The third-order valence-corrected chi connectivity index (χ3v) is 4.72. The van der Waals surface area contributed by atoms with Gasteiger partial charge >= 0.3 is 0 Å². The van der Waals surface area contributed by atoms with Crippen LogP contribution >= 0.6 is 0 Å². The van der Waals surface area contributed by atoms with Gasteiger partial charge in [0.1, 0.15) is 11.6 Å². The molecule has 1 unspecified atom stereocenters. The molecule has 6 nitrogen and oxygen atoms in total. The first-order chi connectivity index (χ1) is 13.1. The van der Waals surface area contributed by atoms with Crippen molar-refractivity contribution < 1.29 is 9.26 Å². The number of aromatic nitrogens is 2. The minimum atomic E-state index is 0.327. The van der Waals surface area contributed by atoms with Gasteiger partial charge in [-0.1, -0.05) is 36.3 Å². The maximum absolute atomic E-state index is 5.91. The van der Waals surface area contributed by atoms with Crippen molar-refractivity contribution in [3.05, 3.63) is 59.3 Å². The van der Waals surface area contributed by atoms with E-state index in [1.54, 1.807) is 19.2 Å². The van der Waals surface area contributed by atoms with E-state index in [2.05, 4.69) is 41.3 Å².